The van der Waals surface area contributed by atoms with Gasteiger partial charge in [0, 0.05) is 11.0 Å². The maximum absolute atomic E-state index is 3.99. The topological polar surface area (TPSA) is 55.6 Å². The molecule has 0 unspecified atom stereocenters. The minimum atomic E-state index is 0.610. The van der Waals surface area contributed by atoms with Crippen molar-refractivity contribution in [3.8, 4) is 0 Å². The second-order valence-corrected chi connectivity index (χ2v) is 3.44. The molecule has 12 heavy (non-hydrogen) atoms. The van der Waals surface area contributed by atoms with Crippen LogP contribution in [0.2, 0.25) is 0 Å². The molecule has 1 rings (SSSR count). The molecule has 0 spiro atoms. The number of hydrogen-bond acceptors (Lipinski definition) is 4. The van der Waals surface area contributed by atoms with E-state index in [-0.39, 0.29) is 0 Å². The van der Waals surface area contributed by atoms with Gasteiger partial charge in [0.2, 0.25) is 0 Å². The molecular formula is C6H10BrN5. The van der Waals surface area contributed by atoms with E-state index in [1.54, 1.807) is 7.05 Å². The number of rotatable bonds is 4. The van der Waals surface area contributed by atoms with Crippen LogP contribution in [0.3, 0.4) is 0 Å². The summed E-state index contributed by atoms with van der Waals surface area (Å²) in [5, 5.41) is 14.6. The Morgan fingerprint density at radius 2 is 2.50 bits per heavy atom. The lowest BCUT2D eigenvalue weighted by Crippen LogP contribution is -2.15. The number of tetrazole rings is 1. The fourth-order valence-corrected chi connectivity index (χ4v) is 0.902. The van der Waals surface area contributed by atoms with Crippen LogP contribution in [-0.2, 0) is 13.6 Å². The molecule has 0 bridgehead atoms. The monoisotopic (exact) mass is 231 g/mol. The van der Waals surface area contributed by atoms with Crippen molar-refractivity contribution in [2.24, 2.45) is 7.05 Å². The average molecular weight is 232 g/mol. The van der Waals surface area contributed by atoms with Gasteiger partial charge in [-0.15, -0.1) is 10.2 Å². The summed E-state index contributed by atoms with van der Waals surface area (Å²) in [5.41, 5.74) is 0. The van der Waals surface area contributed by atoms with E-state index in [1.165, 1.54) is 4.80 Å². The van der Waals surface area contributed by atoms with Gasteiger partial charge in [0.1, 0.15) is 0 Å². The normalized spacial score (nSPS) is 10.2. The van der Waals surface area contributed by atoms with Crippen molar-refractivity contribution in [2.75, 3.05) is 6.54 Å². The molecule has 0 saturated heterocycles. The minimum absolute atomic E-state index is 0.610. The van der Waals surface area contributed by atoms with E-state index in [4.69, 9.17) is 0 Å². The van der Waals surface area contributed by atoms with Crippen LogP contribution in [0, 0.1) is 0 Å². The van der Waals surface area contributed by atoms with Crippen molar-refractivity contribution in [2.45, 2.75) is 6.54 Å². The van der Waals surface area contributed by atoms with Gasteiger partial charge in [-0.1, -0.05) is 22.5 Å². The van der Waals surface area contributed by atoms with Crippen LogP contribution in [0.15, 0.2) is 11.1 Å². The zero-order valence-electron chi connectivity index (χ0n) is 6.79. The third-order valence-corrected chi connectivity index (χ3v) is 1.43. The summed E-state index contributed by atoms with van der Waals surface area (Å²) < 4.78 is 0.909. The molecule has 0 radical (unpaired) electrons. The highest BCUT2D eigenvalue weighted by Gasteiger charge is 1.98. The van der Waals surface area contributed by atoms with E-state index in [2.05, 4.69) is 43.2 Å². The van der Waals surface area contributed by atoms with Crippen LogP contribution < -0.4 is 5.32 Å². The van der Waals surface area contributed by atoms with Gasteiger partial charge < -0.3 is 5.32 Å². The molecule has 6 heteroatoms. The second-order valence-electron chi connectivity index (χ2n) is 2.32. The van der Waals surface area contributed by atoms with Gasteiger partial charge in [-0.05, 0) is 5.21 Å². The van der Waals surface area contributed by atoms with Crippen LogP contribution in [0.5, 0.6) is 0 Å². The third-order valence-electron chi connectivity index (χ3n) is 1.15. The van der Waals surface area contributed by atoms with Crippen molar-refractivity contribution >= 4 is 15.9 Å². The Hall–Kier alpha value is -0.750. The predicted molar refractivity (Wildman–Crippen MR) is 48.6 cm³/mol. The first-order valence-corrected chi connectivity index (χ1v) is 4.24. The molecule has 0 saturated carbocycles. The highest BCUT2D eigenvalue weighted by atomic mass is 79.9. The summed E-state index contributed by atoms with van der Waals surface area (Å²) in [7, 11) is 1.74. The number of hydrogen-bond donors (Lipinski definition) is 1. The van der Waals surface area contributed by atoms with Gasteiger partial charge in [-0.25, -0.2) is 0 Å². The van der Waals surface area contributed by atoms with E-state index in [9.17, 15) is 0 Å². The summed E-state index contributed by atoms with van der Waals surface area (Å²) in [6.45, 7) is 5.00. The number of nitrogens with zero attached hydrogens (tertiary/aromatic N) is 4. The van der Waals surface area contributed by atoms with Gasteiger partial charge in [-0.3, -0.25) is 0 Å². The van der Waals surface area contributed by atoms with Crippen LogP contribution in [0.1, 0.15) is 5.82 Å². The lowest BCUT2D eigenvalue weighted by atomic mass is 10.5. The van der Waals surface area contributed by atoms with E-state index >= 15 is 0 Å². The molecule has 66 valence electrons. The van der Waals surface area contributed by atoms with E-state index < -0.39 is 0 Å². The average Bonchev–Trinajstić information content (AvgIpc) is 2.35. The number of halogens is 1. The summed E-state index contributed by atoms with van der Waals surface area (Å²) in [6.07, 6.45) is 0. The fraction of sp³-hybridized carbons (Fsp3) is 0.500. The van der Waals surface area contributed by atoms with Gasteiger partial charge in [0.15, 0.2) is 5.82 Å². The predicted octanol–water partition coefficient (Wildman–Crippen LogP) is 0.208. The van der Waals surface area contributed by atoms with E-state index in [1.807, 2.05) is 0 Å². The Labute approximate surface area is 79.0 Å². The van der Waals surface area contributed by atoms with Crippen LogP contribution in [0.4, 0.5) is 0 Å². The Bertz CT molecular complexity index is 269. The molecule has 0 atom stereocenters. The smallest absolute Gasteiger partial charge is 0.188 e. The number of aryl methyl sites for hydroxylation is 1. The first kappa shape index (κ1) is 9.34. The van der Waals surface area contributed by atoms with Gasteiger partial charge >= 0.3 is 0 Å². The molecule has 0 aromatic carbocycles. The Morgan fingerprint density at radius 1 is 1.75 bits per heavy atom. The number of aromatic nitrogens is 4. The van der Waals surface area contributed by atoms with Crippen molar-refractivity contribution in [3.05, 3.63) is 16.9 Å². The Kier molecular flexibility index (Phi) is 3.36. The molecule has 1 aromatic rings. The van der Waals surface area contributed by atoms with E-state index in [0.717, 1.165) is 4.48 Å². The molecule has 5 nitrogen and oxygen atoms in total. The molecule has 1 aromatic heterocycles. The molecule has 0 fully saturated rings. The summed E-state index contributed by atoms with van der Waals surface area (Å²) >= 11 is 3.23. The standard InChI is InChI=1S/C6H10BrN5/c1-5(7)3-8-4-6-9-11-12(2)10-6/h8H,1,3-4H2,2H3. The zero-order chi connectivity index (χ0) is 8.97. The molecule has 0 aliphatic carbocycles. The van der Waals surface area contributed by atoms with Crippen LogP contribution in [0.25, 0.3) is 0 Å². The maximum atomic E-state index is 3.99. The maximum Gasteiger partial charge on any atom is 0.188 e. The molecule has 0 amide bonds. The minimum Gasteiger partial charge on any atom is -0.305 e. The molecule has 0 aliphatic rings. The zero-order valence-corrected chi connectivity index (χ0v) is 8.37. The fourth-order valence-electron chi connectivity index (χ4n) is 0.704. The van der Waals surface area contributed by atoms with Crippen molar-refractivity contribution in [1.29, 1.82) is 0 Å². The highest BCUT2D eigenvalue weighted by Crippen LogP contribution is 1.96. The van der Waals surface area contributed by atoms with Gasteiger partial charge in [0.25, 0.3) is 0 Å². The summed E-state index contributed by atoms with van der Waals surface area (Å²) in [6, 6.07) is 0. The third kappa shape index (κ3) is 3.10. The largest absolute Gasteiger partial charge is 0.305 e. The molecule has 0 aliphatic heterocycles. The lowest BCUT2D eigenvalue weighted by Gasteiger charge is -1.97. The molecular weight excluding hydrogens is 222 g/mol. The van der Waals surface area contributed by atoms with Crippen LogP contribution >= 0.6 is 15.9 Å². The Balaban J connectivity index is 2.29. The number of nitrogens with one attached hydrogen (secondary N) is 1. The highest BCUT2D eigenvalue weighted by molar-refractivity contribution is 9.11. The van der Waals surface area contributed by atoms with Crippen molar-refractivity contribution in [3.63, 3.8) is 0 Å². The summed E-state index contributed by atoms with van der Waals surface area (Å²) in [5.74, 6) is 0.686. The van der Waals surface area contributed by atoms with Gasteiger partial charge in [-0.2, -0.15) is 4.80 Å². The first-order chi connectivity index (χ1) is 5.68. The Morgan fingerprint density at radius 3 is 3.00 bits per heavy atom. The quantitative estimate of drug-likeness (QED) is 0.806. The lowest BCUT2D eigenvalue weighted by molar-refractivity contribution is 0.624. The molecule has 1 heterocycles. The first-order valence-electron chi connectivity index (χ1n) is 3.45. The second kappa shape index (κ2) is 4.32. The SMILES string of the molecule is C=C(Br)CNCc1nnn(C)n1. The molecule has 1 N–H and O–H groups in total. The van der Waals surface area contributed by atoms with Gasteiger partial charge in [0.05, 0.1) is 13.6 Å². The van der Waals surface area contributed by atoms with Crippen molar-refractivity contribution in [1.82, 2.24) is 25.5 Å². The summed E-state index contributed by atoms with van der Waals surface area (Å²) in [4.78, 5) is 1.43. The van der Waals surface area contributed by atoms with Crippen molar-refractivity contribution < 1.29 is 0 Å². The van der Waals surface area contributed by atoms with E-state index in [0.29, 0.717) is 18.9 Å². The van der Waals surface area contributed by atoms with Crippen LogP contribution in [-0.4, -0.2) is 26.8 Å².